The molecule has 150 valence electrons. The van der Waals surface area contributed by atoms with Crippen molar-refractivity contribution in [2.75, 3.05) is 18.2 Å². The van der Waals surface area contributed by atoms with E-state index in [-0.39, 0.29) is 11.7 Å². The fourth-order valence-corrected chi connectivity index (χ4v) is 3.63. The maximum absolute atomic E-state index is 12.4. The Bertz CT molecular complexity index is 1070. The molecule has 0 radical (unpaired) electrons. The molecule has 0 aliphatic carbocycles. The number of carbonyl (C=O) groups excluding carboxylic acids is 1. The summed E-state index contributed by atoms with van der Waals surface area (Å²) < 4.78 is 11.3. The zero-order valence-corrected chi connectivity index (χ0v) is 17.2. The Kier molecular flexibility index (Phi) is 6.15. The Balaban J connectivity index is 1.53. The lowest BCUT2D eigenvalue weighted by molar-refractivity contribution is -0.113. The Morgan fingerprint density at radius 2 is 1.57 bits per heavy atom. The molecule has 0 saturated heterocycles. The van der Waals surface area contributed by atoms with Gasteiger partial charge in [-0.15, -0.1) is 0 Å². The normalized spacial score (nSPS) is 10.6. The maximum Gasteiger partial charge on any atom is 0.257 e. The summed E-state index contributed by atoms with van der Waals surface area (Å²) in [5.41, 5.74) is 3.29. The van der Waals surface area contributed by atoms with Gasteiger partial charge in [-0.05, 0) is 12.1 Å². The van der Waals surface area contributed by atoms with Crippen molar-refractivity contribution in [2.45, 2.75) is 5.22 Å². The molecule has 1 heterocycles. The summed E-state index contributed by atoms with van der Waals surface area (Å²) in [6, 6.07) is 27.0. The van der Waals surface area contributed by atoms with Crippen molar-refractivity contribution >= 4 is 23.4 Å². The Morgan fingerprint density at radius 1 is 0.933 bits per heavy atom. The molecule has 3 aromatic carbocycles. The molecule has 6 heteroatoms. The van der Waals surface area contributed by atoms with E-state index in [9.17, 15) is 4.79 Å². The van der Waals surface area contributed by atoms with Gasteiger partial charge in [0.15, 0.2) is 5.76 Å². The molecule has 0 fully saturated rings. The van der Waals surface area contributed by atoms with E-state index in [2.05, 4.69) is 10.3 Å². The molecule has 4 rings (SSSR count). The molecular formula is C24H20N2O3S. The molecule has 0 aliphatic rings. The number of oxazole rings is 1. The molecule has 0 bridgehead atoms. The van der Waals surface area contributed by atoms with Crippen LogP contribution in [0.25, 0.3) is 22.6 Å². The molecule has 0 unspecified atom stereocenters. The van der Waals surface area contributed by atoms with Gasteiger partial charge in [0, 0.05) is 11.1 Å². The second-order valence-electron chi connectivity index (χ2n) is 6.43. The monoisotopic (exact) mass is 416 g/mol. The van der Waals surface area contributed by atoms with Crippen LogP contribution in [0.4, 0.5) is 5.69 Å². The van der Waals surface area contributed by atoms with Crippen LogP contribution in [0.2, 0.25) is 0 Å². The van der Waals surface area contributed by atoms with Crippen LogP contribution in [0.1, 0.15) is 0 Å². The second kappa shape index (κ2) is 9.33. The van der Waals surface area contributed by atoms with Crippen molar-refractivity contribution in [3.8, 4) is 28.3 Å². The third-order valence-corrected chi connectivity index (χ3v) is 5.23. The summed E-state index contributed by atoms with van der Waals surface area (Å²) in [4.78, 5) is 17.1. The van der Waals surface area contributed by atoms with Gasteiger partial charge < -0.3 is 14.5 Å². The van der Waals surface area contributed by atoms with Crippen molar-refractivity contribution in [1.29, 1.82) is 0 Å². The molecule has 0 spiro atoms. The van der Waals surface area contributed by atoms with Crippen LogP contribution in [0.15, 0.2) is 94.6 Å². The first-order valence-corrected chi connectivity index (χ1v) is 10.4. The van der Waals surface area contributed by atoms with Crippen molar-refractivity contribution in [3.63, 3.8) is 0 Å². The average molecular weight is 417 g/mol. The van der Waals surface area contributed by atoms with Crippen LogP contribution >= 0.6 is 11.8 Å². The Morgan fingerprint density at radius 3 is 2.27 bits per heavy atom. The standard InChI is InChI=1S/C24H20N2O3S/c1-28-20-15-9-8-14-19(20)25-21(27)16-30-24-26-22(17-10-4-2-5-11-17)23(29-24)18-12-6-3-7-13-18/h2-15H,16H2,1H3,(H,25,27). The van der Waals surface area contributed by atoms with Gasteiger partial charge in [0.1, 0.15) is 11.4 Å². The number of benzene rings is 3. The number of ether oxygens (including phenoxy) is 1. The Hall–Kier alpha value is -3.51. The summed E-state index contributed by atoms with van der Waals surface area (Å²) in [6.45, 7) is 0. The number of thioether (sulfide) groups is 1. The van der Waals surface area contributed by atoms with E-state index < -0.39 is 0 Å². The molecule has 1 N–H and O–H groups in total. The van der Waals surface area contributed by atoms with E-state index in [1.165, 1.54) is 11.8 Å². The number of carbonyl (C=O) groups is 1. The van der Waals surface area contributed by atoms with E-state index in [0.717, 1.165) is 16.8 Å². The van der Waals surface area contributed by atoms with Gasteiger partial charge in [-0.2, -0.15) is 0 Å². The highest BCUT2D eigenvalue weighted by molar-refractivity contribution is 7.99. The van der Waals surface area contributed by atoms with Gasteiger partial charge in [-0.1, -0.05) is 84.6 Å². The van der Waals surface area contributed by atoms with Crippen LogP contribution in [0.5, 0.6) is 5.75 Å². The number of nitrogens with zero attached hydrogens (tertiary/aromatic N) is 1. The second-order valence-corrected chi connectivity index (χ2v) is 7.35. The number of aromatic nitrogens is 1. The number of rotatable bonds is 7. The number of nitrogens with one attached hydrogen (secondary N) is 1. The highest BCUT2D eigenvalue weighted by Crippen LogP contribution is 2.35. The predicted molar refractivity (Wildman–Crippen MR) is 120 cm³/mol. The minimum atomic E-state index is -0.162. The molecule has 0 saturated carbocycles. The van der Waals surface area contributed by atoms with Gasteiger partial charge in [-0.25, -0.2) is 4.98 Å². The largest absolute Gasteiger partial charge is 0.495 e. The molecule has 30 heavy (non-hydrogen) atoms. The molecule has 4 aromatic rings. The Labute approximate surface area is 179 Å². The summed E-state index contributed by atoms with van der Waals surface area (Å²) in [6.07, 6.45) is 0. The molecular weight excluding hydrogens is 396 g/mol. The summed E-state index contributed by atoms with van der Waals surface area (Å²) in [7, 11) is 1.57. The van der Waals surface area contributed by atoms with Crippen LogP contribution < -0.4 is 10.1 Å². The third-order valence-electron chi connectivity index (χ3n) is 4.40. The fourth-order valence-electron chi connectivity index (χ4n) is 3.00. The number of amides is 1. The summed E-state index contributed by atoms with van der Waals surface area (Å²) in [5, 5.41) is 3.31. The summed E-state index contributed by atoms with van der Waals surface area (Å²) >= 11 is 1.25. The number of hydrogen-bond acceptors (Lipinski definition) is 5. The van der Waals surface area contributed by atoms with Crippen molar-refractivity contribution in [3.05, 3.63) is 84.9 Å². The molecule has 0 aliphatic heterocycles. The van der Waals surface area contributed by atoms with E-state index in [0.29, 0.717) is 22.4 Å². The quantitative estimate of drug-likeness (QED) is 0.389. The number of para-hydroxylation sites is 2. The zero-order valence-electron chi connectivity index (χ0n) is 16.4. The van der Waals surface area contributed by atoms with Gasteiger partial charge in [-0.3, -0.25) is 4.79 Å². The number of anilines is 1. The van der Waals surface area contributed by atoms with Crippen LogP contribution in [-0.2, 0) is 4.79 Å². The predicted octanol–water partition coefficient (Wildman–Crippen LogP) is 5.75. The smallest absolute Gasteiger partial charge is 0.257 e. The topological polar surface area (TPSA) is 64.4 Å². The first kappa shape index (κ1) is 19.8. The van der Waals surface area contributed by atoms with Crippen LogP contribution in [0.3, 0.4) is 0 Å². The van der Waals surface area contributed by atoms with E-state index >= 15 is 0 Å². The van der Waals surface area contributed by atoms with E-state index in [1.54, 1.807) is 19.2 Å². The van der Waals surface area contributed by atoms with Crippen LogP contribution in [-0.4, -0.2) is 23.8 Å². The fraction of sp³-hybridized carbons (Fsp3) is 0.0833. The van der Waals surface area contributed by atoms with Crippen molar-refractivity contribution in [2.24, 2.45) is 0 Å². The maximum atomic E-state index is 12.4. The lowest BCUT2D eigenvalue weighted by Crippen LogP contribution is -2.14. The first-order chi connectivity index (χ1) is 14.7. The first-order valence-electron chi connectivity index (χ1n) is 9.42. The average Bonchev–Trinajstić information content (AvgIpc) is 3.24. The molecule has 1 amide bonds. The van der Waals surface area contributed by atoms with Crippen molar-refractivity contribution in [1.82, 2.24) is 4.98 Å². The van der Waals surface area contributed by atoms with E-state index in [4.69, 9.17) is 9.15 Å². The van der Waals surface area contributed by atoms with Gasteiger partial charge in [0.05, 0.1) is 18.6 Å². The van der Waals surface area contributed by atoms with Gasteiger partial charge in [0.25, 0.3) is 5.22 Å². The minimum Gasteiger partial charge on any atom is -0.495 e. The lowest BCUT2D eigenvalue weighted by Gasteiger charge is -2.08. The highest BCUT2D eigenvalue weighted by Gasteiger charge is 2.18. The van der Waals surface area contributed by atoms with Crippen molar-refractivity contribution < 1.29 is 13.9 Å². The zero-order chi connectivity index (χ0) is 20.8. The molecule has 5 nitrogen and oxygen atoms in total. The SMILES string of the molecule is COc1ccccc1NC(=O)CSc1nc(-c2ccccc2)c(-c2ccccc2)o1. The third kappa shape index (κ3) is 4.55. The molecule has 1 aromatic heterocycles. The minimum absolute atomic E-state index is 0.162. The van der Waals surface area contributed by atoms with Gasteiger partial charge in [0.2, 0.25) is 5.91 Å². The number of methoxy groups -OCH3 is 1. The van der Waals surface area contributed by atoms with E-state index in [1.807, 2.05) is 72.8 Å². The highest BCUT2D eigenvalue weighted by atomic mass is 32.2. The summed E-state index contributed by atoms with van der Waals surface area (Å²) in [5.74, 6) is 1.31. The molecule has 0 atom stereocenters. The van der Waals surface area contributed by atoms with Gasteiger partial charge >= 0.3 is 0 Å². The number of hydrogen-bond donors (Lipinski definition) is 1. The van der Waals surface area contributed by atoms with Crippen LogP contribution in [0, 0.1) is 0 Å². The lowest BCUT2D eigenvalue weighted by atomic mass is 10.1.